The van der Waals surface area contributed by atoms with Gasteiger partial charge in [0.2, 0.25) is 5.91 Å². The van der Waals surface area contributed by atoms with Gasteiger partial charge in [-0.3, -0.25) is 25.0 Å². The average Bonchev–Trinajstić information content (AvgIpc) is 3.04. The van der Waals surface area contributed by atoms with Crippen LogP contribution in [0.25, 0.3) is 0 Å². The molecule has 9 nitrogen and oxygen atoms in total. The predicted octanol–water partition coefficient (Wildman–Crippen LogP) is 3.48. The predicted molar refractivity (Wildman–Crippen MR) is 121 cm³/mol. The Kier molecular flexibility index (Phi) is 4.92. The molecular weight excluding hydrogens is 424 g/mol. The maximum Gasteiger partial charge on any atom is 0.335 e. The van der Waals surface area contributed by atoms with Crippen LogP contribution >= 0.6 is 0 Å². The fourth-order valence-electron chi connectivity index (χ4n) is 5.54. The highest BCUT2D eigenvalue weighted by Crippen LogP contribution is 2.48. The summed E-state index contributed by atoms with van der Waals surface area (Å²) in [7, 11) is 0. The molecule has 0 bridgehead atoms. The Morgan fingerprint density at radius 1 is 1.09 bits per heavy atom. The third-order valence-corrected chi connectivity index (χ3v) is 7.05. The van der Waals surface area contributed by atoms with Gasteiger partial charge in [0.1, 0.15) is 0 Å². The number of non-ortho nitro benzene ring substituents is 1. The van der Waals surface area contributed by atoms with Gasteiger partial charge in [-0.15, -0.1) is 0 Å². The van der Waals surface area contributed by atoms with Crippen molar-refractivity contribution in [3.05, 3.63) is 63.7 Å². The molecule has 33 heavy (non-hydrogen) atoms. The van der Waals surface area contributed by atoms with Crippen molar-refractivity contribution in [1.82, 2.24) is 5.32 Å². The highest BCUT2D eigenvalue weighted by Gasteiger charge is 2.62. The Hall–Kier alpha value is -3.75. The van der Waals surface area contributed by atoms with E-state index in [1.54, 1.807) is 24.3 Å². The number of carbonyl (C=O) groups is 3. The van der Waals surface area contributed by atoms with Crippen LogP contribution in [0.5, 0.6) is 0 Å². The van der Waals surface area contributed by atoms with Crippen molar-refractivity contribution < 1.29 is 19.3 Å². The molecule has 0 aromatic heterocycles. The summed E-state index contributed by atoms with van der Waals surface area (Å²) in [6.07, 6.45) is 3.32. The van der Waals surface area contributed by atoms with Crippen molar-refractivity contribution in [1.29, 1.82) is 0 Å². The van der Waals surface area contributed by atoms with Crippen LogP contribution in [0.15, 0.2) is 42.5 Å². The van der Waals surface area contributed by atoms with E-state index in [0.717, 1.165) is 35.4 Å². The van der Waals surface area contributed by atoms with Gasteiger partial charge in [-0.1, -0.05) is 25.0 Å². The molecule has 9 heteroatoms. The second-order valence-corrected chi connectivity index (χ2v) is 9.02. The number of imide groups is 2. The molecule has 0 radical (unpaired) electrons. The van der Waals surface area contributed by atoms with Crippen LogP contribution in [0, 0.1) is 22.5 Å². The highest BCUT2D eigenvalue weighted by molar-refractivity contribution is 6.30. The molecule has 0 saturated carbocycles. The van der Waals surface area contributed by atoms with Crippen molar-refractivity contribution in [3.8, 4) is 0 Å². The number of amides is 4. The Labute approximate surface area is 190 Å². The summed E-state index contributed by atoms with van der Waals surface area (Å²) in [4.78, 5) is 54.5. The highest BCUT2D eigenvalue weighted by atomic mass is 16.6. The van der Waals surface area contributed by atoms with Gasteiger partial charge < -0.3 is 4.90 Å². The molecule has 3 aliphatic heterocycles. The van der Waals surface area contributed by atoms with E-state index in [2.05, 4.69) is 10.2 Å². The Bertz CT molecular complexity index is 1200. The lowest BCUT2D eigenvalue weighted by molar-refractivity contribution is -0.384. The van der Waals surface area contributed by atoms with Gasteiger partial charge in [0.15, 0.2) is 5.41 Å². The zero-order valence-corrected chi connectivity index (χ0v) is 18.2. The number of barbiturate groups is 1. The van der Waals surface area contributed by atoms with Crippen LogP contribution in [0.2, 0.25) is 0 Å². The fraction of sp³-hybridized carbons (Fsp3) is 0.375. The van der Waals surface area contributed by atoms with Crippen molar-refractivity contribution >= 4 is 34.9 Å². The number of urea groups is 1. The Morgan fingerprint density at radius 2 is 1.91 bits per heavy atom. The number of hydrogen-bond acceptors (Lipinski definition) is 6. The summed E-state index contributed by atoms with van der Waals surface area (Å²) in [5.41, 5.74) is 1.02. The van der Waals surface area contributed by atoms with E-state index >= 15 is 0 Å². The number of nitrogens with one attached hydrogen (secondary N) is 1. The molecule has 1 N–H and O–H groups in total. The van der Waals surface area contributed by atoms with Gasteiger partial charge in [0, 0.05) is 30.8 Å². The lowest BCUT2D eigenvalue weighted by Crippen LogP contribution is -2.72. The van der Waals surface area contributed by atoms with E-state index in [4.69, 9.17) is 0 Å². The molecular formula is C24H24N4O5. The number of aryl methyl sites for hydroxylation is 1. The maximum absolute atomic E-state index is 14.1. The summed E-state index contributed by atoms with van der Waals surface area (Å²) >= 11 is 0. The van der Waals surface area contributed by atoms with E-state index in [9.17, 15) is 24.5 Å². The lowest BCUT2D eigenvalue weighted by atomic mass is 9.67. The number of fused-ring (bicyclic) bond motifs is 4. The molecule has 3 heterocycles. The maximum atomic E-state index is 14.1. The Morgan fingerprint density at radius 3 is 2.67 bits per heavy atom. The van der Waals surface area contributed by atoms with Gasteiger partial charge in [0.05, 0.1) is 16.7 Å². The molecule has 0 aliphatic carbocycles. The SMILES string of the molecule is Cc1cccc(N2C(=O)NC(=O)[C@]3(Cc4cc([N+](=O)[O-])ccc4N4CCCCC[C@@H]43)C2=O)c1. The molecule has 2 atom stereocenters. The minimum absolute atomic E-state index is 0.00540. The second kappa shape index (κ2) is 7.68. The molecule has 170 valence electrons. The number of nitro groups is 1. The Balaban J connectivity index is 1.69. The van der Waals surface area contributed by atoms with Crippen LogP contribution in [-0.2, 0) is 16.0 Å². The van der Waals surface area contributed by atoms with Gasteiger partial charge >= 0.3 is 6.03 Å². The fourth-order valence-corrected chi connectivity index (χ4v) is 5.54. The van der Waals surface area contributed by atoms with E-state index < -0.39 is 34.2 Å². The van der Waals surface area contributed by atoms with Crippen LogP contribution in [0.1, 0.15) is 36.8 Å². The van der Waals surface area contributed by atoms with Gasteiger partial charge in [-0.25, -0.2) is 9.69 Å². The first kappa shape index (κ1) is 21.1. The number of nitro benzene ring substituents is 1. The monoisotopic (exact) mass is 448 g/mol. The third kappa shape index (κ3) is 3.18. The minimum atomic E-state index is -1.55. The molecule has 2 aromatic rings. The number of rotatable bonds is 2. The quantitative estimate of drug-likeness (QED) is 0.428. The van der Waals surface area contributed by atoms with Gasteiger partial charge in [-0.05, 0) is 49.1 Å². The number of hydrogen-bond donors (Lipinski definition) is 1. The van der Waals surface area contributed by atoms with Crippen LogP contribution < -0.4 is 15.1 Å². The molecule has 2 aromatic carbocycles. The number of carbonyl (C=O) groups excluding carboxylic acids is 3. The summed E-state index contributed by atoms with van der Waals surface area (Å²) < 4.78 is 0. The molecule has 2 fully saturated rings. The summed E-state index contributed by atoms with van der Waals surface area (Å²) in [5.74, 6) is -1.20. The molecule has 5 rings (SSSR count). The first-order valence-corrected chi connectivity index (χ1v) is 11.1. The molecule has 3 aliphatic rings. The number of anilines is 2. The van der Waals surface area contributed by atoms with E-state index in [1.165, 1.54) is 12.1 Å². The van der Waals surface area contributed by atoms with E-state index in [0.29, 0.717) is 24.2 Å². The van der Waals surface area contributed by atoms with Crippen molar-refractivity contribution in [2.24, 2.45) is 5.41 Å². The number of benzene rings is 2. The zero-order valence-electron chi connectivity index (χ0n) is 18.2. The lowest BCUT2D eigenvalue weighted by Gasteiger charge is -2.51. The molecule has 1 spiro atoms. The van der Waals surface area contributed by atoms with Crippen LogP contribution in [-0.4, -0.2) is 35.4 Å². The third-order valence-electron chi connectivity index (χ3n) is 7.05. The average molecular weight is 448 g/mol. The smallest absolute Gasteiger partial charge is 0.335 e. The van der Waals surface area contributed by atoms with Crippen molar-refractivity contribution in [2.75, 3.05) is 16.3 Å². The summed E-state index contributed by atoms with van der Waals surface area (Å²) in [6, 6.07) is 10.4. The summed E-state index contributed by atoms with van der Waals surface area (Å²) in [6.45, 7) is 2.50. The molecule has 4 amide bonds. The van der Waals surface area contributed by atoms with Crippen LogP contribution in [0.3, 0.4) is 0 Å². The standard InChI is InChI=1S/C24H24N4O5/c1-15-6-5-7-17(12-15)27-22(30)24(21(29)25-23(27)31)14-16-13-18(28(32)33)9-10-19(16)26-11-4-2-3-8-20(24)26/h5-7,9-10,12-13,20H,2-4,8,11,14H2,1H3,(H,25,29,31)/t20-,24-/m1/s1. The largest absolute Gasteiger partial charge is 0.367 e. The molecule has 2 saturated heterocycles. The van der Waals surface area contributed by atoms with Gasteiger partial charge in [-0.2, -0.15) is 0 Å². The topological polar surface area (TPSA) is 113 Å². The molecule has 0 unspecified atom stereocenters. The van der Waals surface area contributed by atoms with Crippen molar-refractivity contribution in [3.63, 3.8) is 0 Å². The van der Waals surface area contributed by atoms with E-state index in [-0.39, 0.29) is 12.1 Å². The second-order valence-electron chi connectivity index (χ2n) is 9.02. The van der Waals surface area contributed by atoms with Gasteiger partial charge in [0.25, 0.3) is 11.6 Å². The van der Waals surface area contributed by atoms with E-state index in [1.807, 2.05) is 13.0 Å². The first-order valence-electron chi connectivity index (χ1n) is 11.1. The first-order chi connectivity index (χ1) is 15.8. The normalized spacial score (nSPS) is 24.8. The van der Waals surface area contributed by atoms with Crippen molar-refractivity contribution in [2.45, 2.75) is 45.1 Å². The number of nitrogens with zero attached hydrogens (tertiary/aromatic N) is 3. The van der Waals surface area contributed by atoms with Crippen LogP contribution in [0.4, 0.5) is 21.9 Å². The zero-order chi connectivity index (χ0) is 23.3. The minimum Gasteiger partial charge on any atom is -0.367 e. The summed E-state index contributed by atoms with van der Waals surface area (Å²) in [5, 5.41) is 13.9.